The van der Waals surface area contributed by atoms with Gasteiger partial charge in [-0.2, -0.15) is 0 Å². The van der Waals surface area contributed by atoms with Crippen LogP contribution in [0.1, 0.15) is 43.6 Å². The summed E-state index contributed by atoms with van der Waals surface area (Å²) in [5, 5.41) is 9.19. The second kappa shape index (κ2) is 3.49. The molecule has 1 aromatic rings. The van der Waals surface area contributed by atoms with Crippen LogP contribution >= 0.6 is 0 Å². The summed E-state index contributed by atoms with van der Waals surface area (Å²) in [7, 11) is 0. The summed E-state index contributed by atoms with van der Waals surface area (Å²) in [5.74, 6) is -0.185. The summed E-state index contributed by atoms with van der Waals surface area (Å²) in [6.45, 7) is 8.30. The van der Waals surface area contributed by atoms with E-state index < -0.39 is 5.97 Å². The number of carboxylic acid groups (broad SMARTS) is 1. The van der Waals surface area contributed by atoms with Gasteiger partial charge in [-0.1, -0.05) is 19.9 Å². The predicted molar refractivity (Wildman–Crippen MR) is 65.6 cm³/mol. The molecule has 1 aromatic carbocycles. The van der Waals surface area contributed by atoms with E-state index in [-0.39, 0.29) is 11.0 Å². The van der Waals surface area contributed by atoms with Gasteiger partial charge in [-0.05, 0) is 32.4 Å². The first-order valence-electron chi connectivity index (χ1n) is 5.79. The molecule has 1 aliphatic heterocycles. The molecule has 0 aromatic heterocycles. The number of hydrogen-bond acceptors (Lipinski definition) is 2. The Kier molecular flexibility index (Phi) is 2.45. The van der Waals surface area contributed by atoms with E-state index in [0.717, 1.165) is 12.0 Å². The smallest absolute Gasteiger partial charge is 0.336 e. The van der Waals surface area contributed by atoms with E-state index in [0.29, 0.717) is 11.3 Å². The van der Waals surface area contributed by atoms with Crippen LogP contribution in [-0.2, 0) is 6.42 Å². The van der Waals surface area contributed by atoms with Crippen molar-refractivity contribution in [1.29, 1.82) is 0 Å². The van der Waals surface area contributed by atoms with Crippen molar-refractivity contribution in [2.45, 2.75) is 39.7 Å². The Hall–Kier alpha value is -1.51. The molecule has 0 unspecified atom stereocenters. The largest absolute Gasteiger partial charge is 0.487 e. The number of rotatable bonds is 1. The predicted octanol–water partition coefficient (Wildman–Crippen LogP) is 3.12. The highest BCUT2D eigenvalue weighted by atomic mass is 16.5. The van der Waals surface area contributed by atoms with Crippen LogP contribution in [0.2, 0.25) is 0 Å². The number of benzene rings is 1. The molecule has 0 saturated carbocycles. The lowest BCUT2D eigenvalue weighted by Gasteiger charge is -2.46. The molecule has 0 bridgehead atoms. The summed E-state index contributed by atoms with van der Waals surface area (Å²) in [6, 6.07) is 5.22. The summed E-state index contributed by atoms with van der Waals surface area (Å²) < 4.78 is 5.96. The van der Waals surface area contributed by atoms with Crippen molar-refractivity contribution in [1.82, 2.24) is 0 Å². The molecule has 1 heterocycles. The van der Waals surface area contributed by atoms with Gasteiger partial charge >= 0.3 is 5.97 Å². The summed E-state index contributed by atoms with van der Waals surface area (Å²) in [5.41, 5.74) is 0.776. The zero-order valence-electron chi connectivity index (χ0n) is 10.7. The van der Waals surface area contributed by atoms with E-state index in [9.17, 15) is 9.90 Å². The minimum atomic E-state index is -0.888. The first-order valence-corrected chi connectivity index (χ1v) is 5.79. The van der Waals surface area contributed by atoms with Gasteiger partial charge in [0.1, 0.15) is 11.4 Å². The summed E-state index contributed by atoms with van der Waals surface area (Å²) >= 11 is 0. The van der Waals surface area contributed by atoms with Gasteiger partial charge in [0.25, 0.3) is 0 Å². The number of hydrogen-bond donors (Lipinski definition) is 1. The summed E-state index contributed by atoms with van der Waals surface area (Å²) in [4.78, 5) is 11.2. The zero-order chi connectivity index (χ0) is 12.8. The van der Waals surface area contributed by atoms with Crippen LogP contribution in [0.3, 0.4) is 0 Å². The minimum absolute atomic E-state index is 0.0917. The molecule has 3 heteroatoms. The fourth-order valence-corrected chi connectivity index (χ4v) is 2.11. The van der Waals surface area contributed by atoms with Crippen LogP contribution in [-0.4, -0.2) is 16.7 Å². The number of ether oxygens (including phenoxy) is 1. The minimum Gasteiger partial charge on any atom is -0.487 e. The lowest BCUT2D eigenvalue weighted by atomic mass is 9.70. The van der Waals surface area contributed by atoms with Gasteiger partial charge in [-0.3, -0.25) is 0 Å². The average molecular weight is 234 g/mol. The Morgan fingerprint density at radius 1 is 1.29 bits per heavy atom. The van der Waals surface area contributed by atoms with Crippen LogP contribution in [0, 0.1) is 5.41 Å². The van der Waals surface area contributed by atoms with Gasteiger partial charge in [0.15, 0.2) is 0 Å². The number of carboxylic acids is 1. The molecule has 17 heavy (non-hydrogen) atoms. The van der Waals surface area contributed by atoms with Gasteiger partial charge in [0.2, 0.25) is 0 Å². The highest BCUT2D eigenvalue weighted by Crippen LogP contribution is 2.45. The molecule has 1 N–H and O–H groups in total. The van der Waals surface area contributed by atoms with Crippen molar-refractivity contribution in [2.24, 2.45) is 5.41 Å². The maximum atomic E-state index is 11.2. The Morgan fingerprint density at radius 3 is 2.53 bits per heavy atom. The molecule has 3 nitrogen and oxygen atoms in total. The quantitative estimate of drug-likeness (QED) is 0.812. The molecular weight excluding hydrogens is 216 g/mol. The van der Waals surface area contributed by atoms with E-state index in [1.165, 1.54) is 0 Å². The fourth-order valence-electron chi connectivity index (χ4n) is 2.11. The van der Waals surface area contributed by atoms with Gasteiger partial charge in [-0.25, -0.2) is 4.79 Å². The molecule has 0 spiro atoms. The highest BCUT2D eigenvalue weighted by Gasteiger charge is 2.44. The third-order valence-corrected chi connectivity index (χ3v) is 3.98. The summed E-state index contributed by atoms with van der Waals surface area (Å²) in [6.07, 6.45) is 0.720. The maximum Gasteiger partial charge on any atom is 0.336 e. The third kappa shape index (κ3) is 1.79. The number of aromatic carboxylic acids is 1. The standard InChI is InChI=1S/C14H18O3/c1-13(2)8-10-9(12(15)16)6-5-7-11(10)17-14(13,3)4/h5-7H,8H2,1-4H3,(H,15,16). The van der Waals surface area contributed by atoms with Crippen molar-refractivity contribution in [3.05, 3.63) is 29.3 Å². The Morgan fingerprint density at radius 2 is 1.94 bits per heavy atom. The van der Waals surface area contributed by atoms with Crippen LogP contribution in [0.4, 0.5) is 0 Å². The van der Waals surface area contributed by atoms with Gasteiger partial charge < -0.3 is 9.84 Å². The van der Waals surface area contributed by atoms with Crippen molar-refractivity contribution in [3.63, 3.8) is 0 Å². The van der Waals surface area contributed by atoms with Crippen LogP contribution in [0.25, 0.3) is 0 Å². The average Bonchev–Trinajstić information content (AvgIpc) is 2.17. The molecule has 0 atom stereocenters. The first-order chi connectivity index (χ1) is 7.74. The Balaban J connectivity index is 2.57. The lowest BCUT2D eigenvalue weighted by Crippen LogP contribution is -2.48. The van der Waals surface area contributed by atoms with Crippen molar-refractivity contribution in [3.8, 4) is 5.75 Å². The van der Waals surface area contributed by atoms with E-state index in [1.54, 1.807) is 12.1 Å². The first kappa shape index (κ1) is 12.0. The van der Waals surface area contributed by atoms with Gasteiger partial charge in [0, 0.05) is 11.0 Å². The molecule has 92 valence electrons. The molecule has 2 rings (SSSR count). The third-order valence-electron chi connectivity index (χ3n) is 3.98. The van der Waals surface area contributed by atoms with Gasteiger partial charge in [0.05, 0.1) is 5.56 Å². The molecule has 0 amide bonds. The van der Waals surface area contributed by atoms with Crippen molar-refractivity contribution in [2.75, 3.05) is 0 Å². The molecule has 0 radical (unpaired) electrons. The van der Waals surface area contributed by atoms with E-state index in [2.05, 4.69) is 13.8 Å². The van der Waals surface area contributed by atoms with Crippen LogP contribution < -0.4 is 4.74 Å². The maximum absolute atomic E-state index is 11.2. The van der Waals surface area contributed by atoms with Crippen molar-refractivity contribution < 1.29 is 14.6 Å². The SMILES string of the molecule is CC1(C)Cc2c(cccc2C(=O)O)OC1(C)C. The fraction of sp³-hybridized carbons (Fsp3) is 0.500. The van der Waals surface area contributed by atoms with Crippen LogP contribution in [0.5, 0.6) is 5.75 Å². The zero-order valence-corrected chi connectivity index (χ0v) is 10.7. The normalized spacial score (nSPS) is 20.2. The van der Waals surface area contributed by atoms with E-state index in [1.807, 2.05) is 19.9 Å². The molecule has 0 saturated heterocycles. The second-order valence-electron chi connectivity index (χ2n) is 5.76. The number of carbonyl (C=O) groups is 1. The number of fused-ring (bicyclic) bond motifs is 1. The highest BCUT2D eigenvalue weighted by molar-refractivity contribution is 5.90. The van der Waals surface area contributed by atoms with E-state index >= 15 is 0 Å². The lowest BCUT2D eigenvalue weighted by molar-refractivity contribution is -0.0274. The van der Waals surface area contributed by atoms with Crippen molar-refractivity contribution >= 4 is 5.97 Å². The Labute approximate surface area is 101 Å². The topological polar surface area (TPSA) is 46.5 Å². The molecule has 1 aliphatic rings. The van der Waals surface area contributed by atoms with Gasteiger partial charge in [-0.15, -0.1) is 0 Å². The molecule has 0 fully saturated rings. The van der Waals surface area contributed by atoms with E-state index in [4.69, 9.17) is 4.74 Å². The Bertz CT molecular complexity index is 472. The van der Waals surface area contributed by atoms with Crippen LogP contribution in [0.15, 0.2) is 18.2 Å². The molecular formula is C14H18O3. The molecule has 0 aliphatic carbocycles. The monoisotopic (exact) mass is 234 g/mol. The second-order valence-corrected chi connectivity index (χ2v) is 5.76.